The highest BCUT2D eigenvalue weighted by Crippen LogP contribution is 2.12. The molecule has 0 unspecified atom stereocenters. The fraction of sp³-hybridized carbons (Fsp3) is 0.500. The van der Waals surface area contributed by atoms with Crippen LogP contribution in [-0.4, -0.2) is 27.7 Å². The molecule has 0 fully saturated rings. The van der Waals surface area contributed by atoms with E-state index in [0.717, 1.165) is 47.8 Å². The third-order valence-corrected chi connectivity index (χ3v) is 2.95. The van der Waals surface area contributed by atoms with Crippen molar-refractivity contribution in [3.63, 3.8) is 0 Å². The van der Waals surface area contributed by atoms with Crippen molar-refractivity contribution in [1.29, 1.82) is 0 Å². The Labute approximate surface area is 106 Å². The number of hydrogen-bond acceptors (Lipinski definition) is 3. The standard InChI is InChI=1S/C12H17N3OS/c1-3-16-8-4-7-15-11-10(14-12(15)17)6-5-9(2)13-11/h5-6H,3-4,7-8H2,1-2H3,(H,14,17). The Balaban J connectivity index is 2.23. The topological polar surface area (TPSA) is 42.8 Å². The Morgan fingerprint density at radius 2 is 2.29 bits per heavy atom. The fourth-order valence-electron chi connectivity index (χ4n) is 1.80. The number of nitrogens with zero attached hydrogens (tertiary/aromatic N) is 2. The Morgan fingerprint density at radius 3 is 3.06 bits per heavy atom. The van der Waals surface area contributed by atoms with E-state index in [-0.39, 0.29) is 0 Å². The lowest BCUT2D eigenvalue weighted by Crippen LogP contribution is -2.03. The van der Waals surface area contributed by atoms with Gasteiger partial charge >= 0.3 is 0 Å². The van der Waals surface area contributed by atoms with Gasteiger partial charge in [0.15, 0.2) is 10.4 Å². The van der Waals surface area contributed by atoms with Crippen LogP contribution in [0.1, 0.15) is 19.0 Å². The van der Waals surface area contributed by atoms with Gasteiger partial charge < -0.3 is 14.3 Å². The molecule has 17 heavy (non-hydrogen) atoms. The Kier molecular flexibility index (Phi) is 3.91. The monoisotopic (exact) mass is 251 g/mol. The molecule has 0 aliphatic rings. The normalized spacial score (nSPS) is 11.2. The average molecular weight is 251 g/mol. The van der Waals surface area contributed by atoms with Crippen molar-refractivity contribution in [3.05, 3.63) is 22.6 Å². The van der Waals surface area contributed by atoms with Crippen molar-refractivity contribution in [2.24, 2.45) is 0 Å². The maximum absolute atomic E-state index is 5.33. The minimum Gasteiger partial charge on any atom is -0.382 e. The summed E-state index contributed by atoms with van der Waals surface area (Å²) in [7, 11) is 0. The Hall–Kier alpha value is -1.20. The van der Waals surface area contributed by atoms with Gasteiger partial charge in [0.1, 0.15) is 0 Å². The highest BCUT2D eigenvalue weighted by atomic mass is 32.1. The molecule has 0 radical (unpaired) electrons. The van der Waals surface area contributed by atoms with Crippen LogP contribution in [0.5, 0.6) is 0 Å². The van der Waals surface area contributed by atoms with Crippen LogP contribution in [0.4, 0.5) is 0 Å². The van der Waals surface area contributed by atoms with Gasteiger partial charge in [-0.05, 0) is 44.6 Å². The van der Waals surface area contributed by atoms with Gasteiger partial charge in [0.05, 0.1) is 5.52 Å². The maximum atomic E-state index is 5.33. The number of fused-ring (bicyclic) bond motifs is 1. The molecule has 92 valence electrons. The van der Waals surface area contributed by atoms with Gasteiger partial charge in [0.2, 0.25) is 0 Å². The first-order chi connectivity index (χ1) is 8.22. The van der Waals surface area contributed by atoms with Gasteiger partial charge in [-0.3, -0.25) is 0 Å². The lowest BCUT2D eigenvalue weighted by Gasteiger charge is -2.04. The van der Waals surface area contributed by atoms with E-state index in [1.165, 1.54) is 0 Å². The second-order valence-corrected chi connectivity index (χ2v) is 4.34. The third-order valence-electron chi connectivity index (χ3n) is 2.63. The predicted molar refractivity (Wildman–Crippen MR) is 70.8 cm³/mol. The average Bonchev–Trinajstić information content (AvgIpc) is 2.61. The van der Waals surface area contributed by atoms with Crippen molar-refractivity contribution < 1.29 is 4.74 Å². The molecule has 2 aromatic rings. The maximum Gasteiger partial charge on any atom is 0.179 e. The molecule has 0 bridgehead atoms. The van der Waals surface area contributed by atoms with Crippen molar-refractivity contribution in [1.82, 2.24) is 14.5 Å². The van der Waals surface area contributed by atoms with Crippen LogP contribution in [0.2, 0.25) is 0 Å². The Morgan fingerprint density at radius 1 is 1.47 bits per heavy atom. The number of hydrogen-bond donors (Lipinski definition) is 1. The number of pyridine rings is 1. The number of imidazole rings is 1. The minimum atomic E-state index is 0.731. The molecule has 0 aliphatic carbocycles. The molecule has 0 spiro atoms. The third kappa shape index (κ3) is 2.73. The second kappa shape index (κ2) is 5.42. The summed E-state index contributed by atoms with van der Waals surface area (Å²) in [5.41, 5.74) is 2.94. The van der Waals surface area contributed by atoms with E-state index in [1.807, 2.05) is 30.5 Å². The smallest absolute Gasteiger partial charge is 0.179 e. The molecular weight excluding hydrogens is 234 g/mol. The number of ether oxygens (including phenoxy) is 1. The fourth-order valence-corrected chi connectivity index (χ4v) is 2.09. The van der Waals surface area contributed by atoms with Gasteiger partial charge in [0.25, 0.3) is 0 Å². The van der Waals surface area contributed by atoms with Gasteiger partial charge in [-0.25, -0.2) is 4.98 Å². The zero-order valence-corrected chi connectivity index (χ0v) is 11.0. The van der Waals surface area contributed by atoms with Gasteiger partial charge in [-0.15, -0.1) is 0 Å². The largest absolute Gasteiger partial charge is 0.382 e. The van der Waals surface area contributed by atoms with E-state index < -0.39 is 0 Å². The summed E-state index contributed by atoms with van der Waals surface area (Å²) in [6, 6.07) is 4.00. The summed E-state index contributed by atoms with van der Waals surface area (Å²) >= 11 is 5.30. The number of aromatic nitrogens is 3. The number of rotatable bonds is 5. The van der Waals surface area contributed by atoms with Crippen molar-refractivity contribution in [2.75, 3.05) is 13.2 Å². The first-order valence-corrected chi connectivity index (χ1v) is 6.27. The molecule has 0 atom stereocenters. The van der Waals surface area contributed by atoms with E-state index >= 15 is 0 Å². The van der Waals surface area contributed by atoms with E-state index in [0.29, 0.717) is 0 Å². The van der Waals surface area contributed by atoms with Crippen LogP contribution in [0.3, 0.4) is 0 Å². The SMILES string of the molecule is CCOCCCn1c(=S)[nH]c2ccc(C)nc21. The molecule has 0 amide bonds. The predicted octanol–water partition coefficient (Wildman–Crippen LogP) is 2.83. The van der Waals surface area contributed by atoms with Gasteiger partial charge in [-0.1, -0.05) is 0 Å². The van der Waals surface area contributed by atoms with Crippen molar-refractivity contribution >= 4 is 23.4 Å². The van der Waals surface area contributed by atoms with Crippen LogP contribution < -0.4 is 0 Å². The van der Waals surface area contributed by atoms with Gasteiger partial charge in [-0.2, -0.15) is 0 Å². The number of aromatic amines is 1. The minimum absolute atomic E-state index is 0.731. The summed E-state index contributed by atoms with van der Waals surface area (Å²) in [4.78, 5) is 7.69. The molecule has 2 aromatic heterocycles. The highest BCUT2D eigenvalue weighted by Gasteiger charge is 2.05. The quantitative estimate of drug-likeness (QED) is 0.656. The second-order valence-electron chi connectivity index (χ2n) is 3.96. The lowest BCUT2D eigenvalue weighted by molar-refractivity contribution is 0.142. The number of H-pyrrole nitrogens is 1. The first kappa shape index (κ1) is 12.3. The van der Waals surface area contributed by atoms with Gasteiger partial charge in [0, 0.05) is 25.5 Å². The molecule has 2 heterocycles. The summed E-state index contributed by atoms with van der Waals surface area (Å²) < 4.78 is 8.10. The van der Waals surface area contributed by atoms with Crippen LogP contribution in [0.15, 0.2) is 12.1 Å². The molecular formula is C12H17N3OS. The van der Waals surface area contributed by atoms with E-state index in [2.05, 4.69) is 9.97 Å². The number of aryl methyl sites for hydroxylation is 2. The van der Waals surface area contributed by atoms with E-state index in [1.54, 1.807) is 0 Å². The summed E-state index contributed by atoms with van der Waals surface area (Å²) in [6.07, 6.45) is 0.949. The van der Waals surface area contributed by atoms with Crippen LogP contribution >= 0.6 is 12.2 Å². The molecule has 0 saturated carbocycles. The first-order valence-electron chi connectivity index (χ1n) is 5.86. The zero-order valence-electron chi connectivity index (χ0n) is 10.2. The van der Waals surface area contributed by atoms with Crippen molar-refractivity contribution in [2.45, 2.75) is 26.8 Å². The Bertz CT molecular complexity index is 558. The molecule has 2 rings (SSSR count). The summed E-state index contributed by atoms with van der Waals surface area (Å²) in [5.74, 6) is 0. The summed E-state index contributed by atoms with van der Waals surface area (Å²) in [6.45, 7) is 6.35. The lowest BCUT2D eigenvalue weighted by atomic mass is 10.3. The molecule has 4 nitrogen and oxygen atoms in total. The van der Waals surface area contributed by atoms with E-state index in [4.69, 9.17) is 17.0 Å². The highest BCUT2D eigenvalue weighted by molar-refractivity contribution is 7.71. The van der Waals surface area contributed by atoms with E-state index in [9.17, 15) is 0 Å². The molecule has 0 aromatic carbocycles. The van der Waals surface area contributed by atoms with Crippen LogP contribution in [-0.2, 0) is 11.3 Å². The van der Waals surface area contributed by atoms with Crippen molar-refractivity contribution in [3.8, 4) is 0 Å². The molecule has 5 heteroatoms. The molecule has 0 aliphatic heterocycles. The zero-order chi connectivity index (χ0) is 12.3. The molecule has 1 N–H and O–H groups in total. The van der Waals surface area contributed by atoms with Crippen LogP contribution in [0.25, 0.3) is 11.2 Å². The molecule has 0 saturated heterocycles. The summed E-state index contributed by atoms with van der Waals surface area (Å²) in [5, 5.41) is 0. The number of nitrogens with one attached hydrogen (secondary N) is 1. The van der Waals surface area contributed by atoms with Crippen LogP contribution in [0, 0.1) is 11.7 Å².